The van der Waals surface area contributed by atoms with Crippen molar-refractivity contribution >= 4 is 17.6 Å². The lowest BCUT2D eigenvalue weighted by Gasteiger charge is -2.36. The van der Waals surface area contributed by atoms with E-state index in [9.17, 15) is 0 Å². The number of hydrazone groups is 1. The molecule has 0 bridgehead atoms. The molecule has 3 rings (SSSR count). The summed E-state index contributed by atoms with van der Waals surface area (Å²) in [4.78, 5) is 4.42. The van der Waals surface area contributed by atoms with Gasteiger partial charge in [-0.1, -0.05) is 0 Å². The lowest BCUT2D eigenvalue weighted by Crippen LogP contribution is -2.39. The Labute approximate surface area is 136 Å². The molecule has 5 heteroatoms. The normalized spacial score (nSPS) is 22.6. The van der Waals surface area contributed by atoms with Gasteiger partial charge in [0, 0.05) is 40.6 Å². The molecule has 0 spiro atoms. The number of piperidine rings is 1. The van der Waals surface area contributed by atoms with Gasteiger partial charge in [0.05, 0.1) is 6.21 Å². The molecule has 2 aromatic heterocycles. The van der Waals surface area contributed by atoms with Gasteiger partial charge in [-0.2, -0.15) is 5.10 Å². The van der Waals surface area contributed by atoms with E-state index in [0.29, 0.717) is 12.1 Å². The molecule has 0 amide bonds. The first-order chi connectivity index (χ1) is 10.6. The summed E-state index contributed by atoms with van der Waals surface area (Å²) >= 11 is 1.66. The van der Waals surface area contributed by atoms with Crippen LogP contribution in [0.5, 0.6) is 0 Å². The van der Waals surface area contributed by atoms with Crippen molar-refractivity contribution in [2.45, 2.75) is 59.0 Å². The molecular weight excluding hydrogens is 292 g/mol. The molecule has 0 aromatic carbocycles. The molecule has 0 aliphatic carbocycles. The van der Waals surface area contributed by atoms with E-state index in [1.165, 1.54) is 36.2 Å². The van der Waals surface area contributed by atoms with Gasteiger partial charge < -0.3 is 0 Å². The number of aryl methyl sites for hydroxylation is 1. The van der Waals surface area contributed by atoms with Gasteiger partial charge in [0.15, 0.2) is 5.13 Å². The summed E-state index contributed by atoms with van der Waals surface area (Å²) in [5.41, 5.74) is 3.58. The SMILES string of the molecule is Cc1cc(/C=N\N2[C@H](C)CCC[C@@H]2C)c(C)n1-c1nccs1. The standard InChI is InChI=1S/C17H24N4S/c1-12-6-5-7-13(2)21(12)19-11-16-10-14(3)20(15(16)4)17-18-8-9-22-17/h8-13H,5-7H2,1-4H3/b19-11-/t12-,13+. The van der Waals surface area contributed by atoms with Gasteiger partial charge in [-0.25, -0.2) is 4.98 Å². The zero-order chi connectivity index (χ0) is 15.7. The van der Waals surface area contributed by atoms with Gasteiger partial charge >= 0.3 is 0 Å². The summed E-state index contributed by atoms with van der Waals surface area (Å²) in [5.74, 6) is 0. The fraction of sp³-hybridized carbons (Fsp3) is 0.529. The summed E-state index contributed by atoms with van der Waals surface area (Å²) in [6.07, 6.45) is 7.65. The van der Waals surface area contributed by atoms with Gasteiger partial charge in [0.25, 0.3) is 0 Å². The minimum absolute atomic E-state index is 0.530. The number of hydrogen-bond acceptors (Lipinski definition) is 4. The third kappa shape index (κ3) is 2.82. The molecule has 118 valence electrons. The van der Waals surface area contributed by atoms with Gasteiger partial charge in [-0.05, 0) is 53.0 Å². The van der Waals surface area contributed by atoms with Crippen molar-refractivity contribution in [3.05, 3.63) is 34.6 Å². The van der Waals surface area contributed by atoms with Crippen LogP contribution in [0.4, 0.5) is 0 Å². The van der Waals surface area contributed by atoms with E-state index in [4.69, 9.17) is 5.10 Å². The second kappa shape index (κ2) is 6.24. The Hall–Kier alpha value is -1.62. The summed E-state index contributed by atoms with van der Waals surface area (Å²) in [5, 5.41) is 10.1. The molecule has 0 radical (unpaired) electrons. The molecule has 0 N–H and O–H groups in total. The number of rotatable bonds is 3. The Bertz CT molecular complexity index is 647. The van der Waals surface area contributed by atoms with Crippen molar-refractivity contribution < 1.29 is 0 Å². The van der Waals surface area contributed by atoms with Crippen molar-refractivity contribution in [2.24, 2.45) is 5.10 Å². The Morgan fingerprint density at radius 1 is 1.27 bits per heavy atom. The van der Waals surface area contributed by atoms with Crippen LogP contribution in [-0.2, 0) is 0 Å². The molecule has 1 saturated heterocycles. The van der Waals surface area contributed by atoms with Crippen LogP contribution in [0.1, 0.15) is 50.1 Å². The van der Waals surface area contributed by atoms with Crippen molar-refractivity contribution in [1.82, 2.24) is 14.6 Å². The van der Waals surface area contributed by atoms with Gasteiger partial charge in [0.1, 0.15) is 0 Å². The van der Waals surface area contributed by atoms with E-state index in [1.54, 1.807) is 11.3 Å². The van der Waals surface area contributed by atoms with Crippen LogP contribution in [0.15, 0.2) is 22.7 Å². The van der Waals surface area contributed by atoms with Crippen LogP contribution >= 0.6 is 11.3 Å². The maximum absolute atomic E-state index is 4.79. The Kier molecular flexibility index (Phi) is 4.34. The van der Waals surface area contributed by atoms with Gasteiger partial charge in [-0.3, -0.25) is 9.58 Å². The smallest absolute Gasteiger partial charge is 0.193 e. The van der Waals surface area contributed by atoms with E-state index >= 15 is 0 Å². The highest BCUT2D eigenvalue weighted by atomic mass is 32.1. The minimum Gasteiger partial charge on any atom is -0.294 e. The fourth-order valence-electron chi connectivity index (χ4n) is 3.30. The highest BCUT2D eigenvalue weighted by molar-refractivity contribution is 7.12. The quantitative estimate of drug-likeness (QED) is 0.797. The molecule has 1 aliphatic heterocycles. The summed E-state index contributed by atoms with van der Waals surface area (Å²) < 4.78 is 2.20. The number of nitrogens with zero attached hydrogens (tertiary/aromatic N) is 4. The zero-order valence-corrected chi connectivity index (χ0v) is 14.6. The van der Waals surface area contributed by atoms with Crippen LogP contribution in [-0.4, -0.2) is 32.9 Å². The first kappa shape index (κ1) is 15.3. The van der Waals surface area contributed by atoms with E-state index in [-0.39, 0.29) is 0 Å². The Balaban J connectivity index is 1.87. The molecule has 0 saturated carbocycles. The van der Waals surface area contributed by atoms with Crippen LogP contribution in [0.2, 0.25) is 0 Å². The average molecular weight is 316 g/mol. The third-order valence-corrected chi connectivity index (χ3v) is 5.31. The molecule has 2 atom stereocenters. The summed E-state index contributed by atoms with van der Waals surface area (Å²) in [6, 6.07) is 3.25. The van der Waals surface area contributed by atoms with Crippen LogP contribution in [0.25, 0.3) is 5.13 Å². The lowest BCUT2D eigenvalue weighted by molar-refractivity contribution is 0.109. The monoisotopic (exact) mass is 316 g/mol. The fourth-order valence-corrected chi connectivity index (χ4v) is 4.05. The Morgan fingerprint density at radius 3 is 2.64 bits per heavy atom. The highest BCUT2D eigenvalue weighted by Gasteiger charge is 2.23. The molecule has 22 heavy (non-hydrogen) atoms. The average Bonchev–Trinajstić information content (AvgIpc) is 3.07. The molecule has 1 aliphatic rings. The highest BCUT2D eigenvalue weighted by Crippen LogP contribution is 2.24. The van der Waals surface area contributed by atoms with Gasteiger partial charge in [0.2, 0.25) is 0 Å². The van der Waals surface area contributed by atoms with E-state index < -0.39 is 0 Å². The van der Waals surface area contributed by atoms with Crippen LogP contribution < -0.4 is 0 Å². The minimum atomic E-state index is 0.530. The summed E-state index contributed by atoms with van der Waals surface area (Å²) in [7, 11) is 0. The Morgan fingerprint density at radius 2 is 2.00 bits per heavy atom. The lowest BCUT2D eigenvalue weighted by atomic mass is 10.00. The predicted molar refractivity (Wildman–Crippen MR) is 93.1 cm³/mol. The molecule has 0 unspecified atom stereocenters. The molecule has 1 fully saturated rings. The first-order valence-electron chi connectivity index (χ1n) is 7.99. The first-order valence-corrected chi connectivity index (χ1v) is 8.87. The van der Waals surface area contributed by atoms with E-state index in [1.807, 2.05) is 17.8 Å². The van der Waals surface area contributed by atoms with E-state index in [2.05, 4.69) is 48.3 Å². The van der Waals surface area contributed by atoms with E-state index in [0.717, 1.165) is 5.13 Å². The topological polar surface area (TPSA) is 33.4 Å². The molecule has 4 nitrogen and oxygen atoms in total. The van der Waals surface area contributed by atoms with Crippen LogP contribution in [0, 0.1) is 13.8 Å². The van der Waals surface area contributed by atoms with Gasteiger partial charge in [-0.15, -0.1) is 11.3 Å². The predicted octanol–water partition coefficient (Wildman–Crippen LogP) is 4.15. The second-order valence-electron chi connectivity index (χ2n) is 6.23. The van der Waals surface area contributed by atoms with Crippen LogP contribution in [0.3, 0.4) is 0 Å². The molecular formula is C17H24N4S. The largest absolute Gasteiger partial charge is 0.294 e. The second-order valence-corrected chi connectivity index (χ2v) is 7.10. The summed E-state index contributed by atoms with van der Waals surface area (Å²) in [6.45, 7) is 8.80. The van der Waals surface area contributed by atoms with Crippen molar-refractivity contribution in [3.63, 3.8) is 0 Å². The number of aromatic nitrogens is 2. The maximum atomic E-state index is 4.79. The number of thiazole rings is 1. The molecule has 3 heterocycles. The zero-order valence-electron chi connectivity index (χ0n) is 13.8. The van der Waals surface area contributed by atoms with Crippen molar-refractivity contribution in [1.29, 1.82) is 0 Å². The maximum Gasteiger partial charge on any atom is 0.193 e. The third-order valence-electron chi connectivity index (χ3n) is 4.56. The van der Waals surface area contributed by atoms with Crippen molar-refractivity contribution in [3.8, 4) is 5.13 Å². The number of hydrogen-bond donors (Lipinski definition) is 0. The molecule has 2 aromatic rings. The van der Waals surface area contributed by atoms with Crippen molar-refractivity contribution in [2.75, 3.05) is 0 Å².